The number of alkyl halides is 1. The first-order chi connectivity index (χ1) is 7.03. The van der Waals surface area contributed by atoms with E-state index >= 15 is 0 Å². The average Bonchev–Trinajstić information content (AvgIpc) is 2.28. The van der Waals surface area contributed by atoms with Gasteiger partial charge in [-0.1, -0.05) is 0 Å². The Morgan fingerprint density at radius 2 is 2.00 bits per heavy atom. The molecule has 0 heterocycles. The van der Waals surface area contributed by atoms with E-state index in [2.05, 4.69) is 4.74 Å². The normalized spacial score (nSPS) is 31.0. The summed E-state index contributed by atoms with van der Waals surface area (Å²) in [6, 6.07) is 0. The number of hydrogen-bond acceptors (Lipinski definition) is 4. The number of ketones is 1. The molecule has 15 heavy (non-hydrogen) atoms. The minimum Gasteiger partial charge on any atom is -0.469 e. The van der Waals surface area contributed by atoms with Gasteiger partial charge in [0.15, 0.2) is 11.5 Å². The lowest BCUT2D eigenvalue weighted by molar-refractivity contribution is -0.150. The number of methoxy groups -OCH3 is 1. The Bertz CT molecular complexity index is 256. The van der Waals surface area contributed by atoms with Crippen LogP contribution in [0, 0.1) is 5.92 Å². The van der Waals surface area contributed by atoms with Crippen molar-refractivity contribution in [3.8, 4) is 0 Å². The van der Waals surface area contributed by atoms with Crippen LogP contribution in [0.1, 0.15) is 25.7 Å². The Morgan fingerprint density at radius 1 is 1.47 bits per heavy atom. The first-order valence-corrected chi connectivity index (χ1v) is 4.94. The van der Waals surface area contributed by atoms with E-state index in [4.69, 9.17) is 5.11 Å². The highest BCUT2D eigenvalue weighted by Gasteiger charge is 2.43. The van der Waals surface area contributed by atoms with Crippen molar-refractivity contribution in [2.24, 2.45) is 5.92 Å². The molecule has 0 aliphatic heterocycles. The summed E-state index contributed by atoms with van der Waals surface area (Å²) >= 11 is 0. The number of hydrogen-bond donors (Lipinski definition) is 1. The van der Waals surface area contributed by atoms with Crippen molar-refractivity contribution >= 4 is 11.8 Å². The van der Waals surface area contributed by atoms with Crippen molar-refractivity contribution in [2.45, 2.75) is 31.4 Å². The molecule has 86 valence electrons. The molecule has 1 saturated carbocycles. The molecule has 0 amide bonds. The van der Waals surface area contributed by atoms with E-state index < -0.39 is 18.1 Å². The van der Waals surface area contributed by atoms with Crippen LogP contribution in [0.3, 0.4) is 0 Å². The molecule has 0 aromatic rings. The number of carbonyl (C=O) groups excluding carboxylic acids is 2. The molecule has 5 heteroatoms. The summed E-state index contributed by atoms with van der Waals surface area (Å²) in [5.41, 5.74) is -1.95. The highest BCUT2D eigenvalue weighted by molar-refractivity contribution is 5.88. The van der Waals surface area contributed by atoms with Crippen LogP contribution < -0.4 is 0 Å². The summed E-state index contributed by atoms with van der Waals surface area (Å²) in [6.07, 6.45) is 0.585. The third-order valence-corrected chi connectivity index (χ3v) is 2.96. The maximum Gasteiger partial charge on any atom is 0.308 e. The lowest BCUT2D eigenvalue weighted by Crippen LogP contribution is -2.41. The summed E-state index contributed by atoms with van der Waals surface area (Å²) in [5.74, 6) is -1.45. The van der Waals surface area contributed by atoms with Crippen LogP contribution in [0.5, 0.6) is 0 Å². The van der Waals surface area contributed by atoms with Gasteiger partial charge in [-0.25, -0.2) is 4.39 Å². The van der Waals surface area contributed by atoms with E-state index in [0.717, 1.165) is 0 Å². The fourth-order valence-corrected chi connectivity index (χ4v) is 1.90. The van der Waals surface area contributed by atoms with Crippen molar-refractivity contribution in [2.75, 3.05) is 13.7 Å². The van der Waals surface area contributed by atoms with Crippen molar-refractivity contribution in [3.63, 3.8) is 0 Å². The van der Waals surface area contributed by atoms with Gasteiger partial charge < -0.3 is 9.84 Å². The molecule has 0 aromatic heterocycles. The number of ether oxygens (including phenoxy) is 1. The van der Waals surface area contributed by atoms with Crippen LogP contribution in [0.25, 0.3) is 0 Å². The summed E-state index contributed by atoms with van der Waals surface area (Å²) in [4.78, 5) is 22.2. The van der Waals surface area contributed by atoms with Crippen molar-refractivity contribution in [3.05, 3.63) is 0 Å². The minimum atomic E-state index is -1.95. The van der Waals surface area contributed by atoms with Gasteiger partial charge in [-0.15, -0.1) is 0 Å². The fraction of sp³-hybridized carbons (Fsp3) is 0.800. The fourth-order valence-electron chi connectivity index (χ4n) is 1.90. The number of aliphatic hydroxyl groups excluding tert-OH is 1. The number of halogens is 1. The van der Waals surface area contributed by atoms with Crippen LogP contribution in [0.2, 0.25) is 0 Å². The standard InChI is InChI=1S/C10H15FO4/c1-15-9(14)7-2-4-10(11,5-3-7)8(13)6-12/h7,12H,2-6H2,1H3/t7-,10+. The Kier molecular flexibility index (Phi) is 3.79. The summed E-state index contributed by atoms with van der Waals surface area (Å²) in [6.45, 7) is -0.778. The van der Waals surface area contributed by atoms with Gasteiger partial charge >= 0.3 is 5.97 Å². The zero-order valence-corrected chi connectivity index (χ0v) is 8.66. The third-order valence-electron chi connectivity index (χ3n) is 2.96. The van der Waals surface area contributed by atoms with Gasteiger partial charge in [0.25, 0.3) is 0 Å². The molecule has 0 spiro atoms. The lowest BCUT2D eigenvalue weighted by atomic mass is 9.78. The van der Waals surface area contributed by atoms with E-state index in [-0.39, 0.29) is 24.7 Å². The SMILES string of the molecule is COC(=O)[C@H]1CC[C@](F)(C(=O)CO)CC1. The Morgan fingerprint density at radius 3 is 2.40 bits per heavy atom. The van der Waals surface area contributed by atoms with E-state index in [1.165, 1.54) is 7.11 Å². The zero-order chi connectivity index (χ0) is 11.5. The number of rotatable bonds is 3. The minimum absolute atomic E-state index is 0.00778. The van der Waals surface area contributed by atoms with Crippen LogP contribution >= 0.6 is 0 Å². The maximum atomic E-state index is 13.8. The first-order valence-electron chi connectivity index (χ1n) is 4.94. The van der Waals surface area contributed by atoms with Gasteiger partial charge in [0.1, 0.15) is 6.61 Å². The van der Waals surface area contributed by atoms with E-state index in [1.807, 2.05) is 0 Å². The second kappa shape index (κ2) is 4.70. The zero-order valence-electron chi connectivity index (χ0n) is 8.66. The van der Waals surface area contributed by atoms with Crippen LogP contribution in [-0.4, -0.2) is 36.2 Å². The van der Waals surface area contributed by atoms with Crippen molar-refractivity contribution in [1.82, 2.24) is 0 Å². The number of carbonyl (C=O) groups is 2. The Hall–Kier alpha value is -0.970. The predicted octanol–water partition coefficient (Wildman–Crippen LogP) is 0.619. The number of esters is 1. The molecule has 0 unspecified atom stereocenters. The van der Waals surface area contributed by atoms with Gasteiger partial charge in [-0.2, -0.15) is 0 Å². The molecule has 0 saturated heterocycles. The predicted molar refractivity (Wildman–Crippen MR) is 49.9 cm³/mol. The molecule has 0 aromatic carbocycles. The maximum absolute atomic E-state index is 13.8. The molecular weight excluding hydrogens is 203 g/mol. The van der Waals surface area contributed by atoms with E-state index in [1.54, 1.807) is 0 Å². The second-order valence-electron chi connectivity index (χ2n) is 3.84. The van der Waals surface area contributed by atoms with Crippen LogP contribution in [0.15, 0.2) is 0 Å². The van der Waals surface area contributed by atoms with E-state index in [9.17, 15) is 14.0 Å². The van der Waals surface area contributed by atoms with Gasteiger partial charge in [-0.3, -0.25) is 9.59 Å². The van der Waals surface area contributed by atoms with Crippen LogP contribution in [0.4, 0.5) is 4.39 Å². The third kappa shape index (κ3) is 2.53. The van der Waals surface area contributed by atoms with Gasteiger partial charge in [0, 0.05) is 0 Å². The number of Topliss-reactive ketones (excluding diaryl/α,β-unsaturated/α-hetero) is 1. The molecule has 1 fully saturated rings. The molecule has 1 N–H and O–H groups in total. The summed E-state index contributed by atoms with van der Waals surface area (Å²) in [7, 11) is 1.29. The summed E-state index contributed by atoms with van der Waals surface area (Å²) in [5, 5.41) is 8.59. The Labute approximate surface area is 87.4 Å². The van der Waals surface area contributed by atoms with Gasteiger partial charge in [0.05, 0.1) is 13.0 Å². The Balaban J connectivity index is 2.55. The summed E-state index contributed by atoms with van der Waals surface area (Å²) < 4.78 is 18.4. The van der Waals surface area contributed by atoms with Crippen LogP contribution in [-0.2, 0) is 14.3 Å². The smallest absolute Gasteiger partial charge is 0.308 e. The van der Waals surface area contributed by atoms with Gasteiger partial charge in [-0.05, 0) is 25.7 Å². The molecule has 4 nitrogen and oxygen atoms in total. The topological polar surface area (TPSA) is 63.6 Å². The highest BCUT2D eigenvalue weighted by atomic mass is 19.1. The van der Waals surface area contributed by atoms with Crippen molar-refractivity contribution < 1.29 is 23.8 Å². The molecule has 1 aliphatic rings. The average molecular weight is 218 g/mol. The second-order valence-corrected chi connectivity index (χ2v) is 3.84. The molecule has 1 rings (SSSR count). The largest absolute Gasteiger partial charge is 0.469 e. The monoisotopic (exact) mass is 218 g/mol. The quantitative estimate of drug-likeness (QED) is 0.705. The molecule has 0 atom stereocenters. The molecule has 0 bridgehead atoms. The molecule has 0 radical (unpaired) electrons. The van der Waals surface area contributed by atoms with E-state index in [0.29, 0.717) is 12.8 Å². The number of aliphatic hydroxyl groups is 1. The first kappa shape index (κ1) is 12.1. The highest BCUT2D eigenvalue weighted by Crippen LogP contribution is 2.36. The van der Waals surface area contributed by atoms with Gasteiger partial charge in [0.2, 0.25) is 0 Å². The van der Waals surface area contributed by atoms with Crippen molar-refractivity contribution in [1.29, 1.82) is 0 Å². The molecular formula is C10H15FO4. The molecule has 1 aliphatic carbocycles. The lowest BCUT2D eigenvalue weighted by Gasteiger charge is -2.30.